The van der Waals surface area contributed by atoms with Gasteiger partial charge in [0, 0.05) is 53.2 Å². The van der Waals surface area contributed by atoms with E-state index in [-0.39, 0.29) is 60.2 Å². The van der Waals surface area contributed by atoms with Crippen LogP contribution in [0.5, 0.6) is 0 Å². The highest BCUT2D eigenvalue weighted by atomic mass is 32.2. The summed E-state index contributed by atoms with van der Waals surface area (Å²) in [5.41, 5.74) is 1.76. The van der Waals surface area contributed by atoms with Crippen molar-refractivity contribution in [1.82, 2.24) is 49.5 Å². The smallest absolute Gasteiger partial charge is 0.163 e. The summed E-state index contributed by atoms with van der Waals surface area (Å²) in [5.74, 6) is 1.80. The average Bonchev–Trinajstić information content (AvgIpc) is 4.14. The zero-order chi connectivity index (χ0) is 52.9. The zero-order valence-corrected chi connectivity index (χ0v) is 46.1. The molecular formula is C48H78N10O12S2. The summed E-state index contributed by atoms with van der Waals surface area (Å²) in [4.78, 5) is 17.4. The molecule has 0 spiro atoms. The normalized spacial score (nSPS) is 20.4. The van der Waals surface area contributed by atoms with Gasteiger partial charge in [-0.2, -0.15) is 0 Å². The molecule has 8 atom stereocenters. The third kappa shape index (κ3) is 15.5. The number of rotatable bonds is 26. The lowest BCUT2D eigenvalue weighted by Crippen LogP contribution is -2.33. The molecule has 404 valence electrons. The lowest BCUT2D eigenvalue weighted by Gasteiger charge is -2.26. The highest BCUT2D eigenvalue weighted by Crippen LogP contribution is 2.36. The van der Waals surface area contributed by atoms with Crippen molar-refractivity contribution >= 4 is 19.7 Å². The van der Waals surface area contributed by atoms with E-state index < -0.39 is 42.4 Å². The highest BCUT2D eigenvalue weighted by Gasteiger charge is 2.40. The van der Waals surface area contributed by atoms with Crippen molar-refractivity contribution in [3.8, 4) is 0 Å². The maximum Gasteiger partial charge on any atom is 0.163 e. The molecule has 6 rings (SSSR count). The van der Waals surface area contributed by atoms with E-state index in [4.69, 9.17) is 37.9 Å². The molecule has 4 aromatic heterocycles. The van der Waals surface area contributed by atoms with Crippen LogP contribution >= 0.6 is 0 Å². The molecule has 2 fully saturated rings. The van der Waals surface area contributed by atoms with E-state index in [0.717, 1.165) is 36.8 Å². The lowest BCUT2D eigenvalue weighted by molar-refractivity contribution is 0.00119. The molecule has 72 heavy (non-hydrogen) atoms. The van der Waals surface area contributed by atoms with Crippen LogP contribution in [0.3, 0.4) is 0 Å². The van der Waals surface area contributed by atoms with Crippen LogP contribution in [0.4, 0.5) is 0 Å². The first-order valence-electron chi connectivity index (χ1n) is 24.6. The maximum atomic E-state index is 13.7. The zero-order valence-electron chi connectivity index (χ0n) is 44.5. The van der Waals surface area contributed by atoms with Gasteiger partial charge in [0.2, 0.25) is 0 Å². The molecule has 24 heteroatoms. The van der Waals surface area contributed by atoms with Gasteiger partial charge < -0.3 is 47.0 Å². The van der Waals surface area contributed by atoms with E-state index in [9.17, 15) is 16.8 Å². The largest absolute Gasteiger partial charge is 0.382 e. The van der Waals surface area contributed by atoms with Crippen molar-refractivity contribution < 1.29 is 54.7 Å². The molecular weight excluding hydrogens is 973 g/mol. The minimum absolute atomic E-state index is 0.0964. The quantitative estimate of drug-likeness (QED) is 0.0716. The fraction of sp³-hybridized carbons (Fsp3) is 0.750. The first-order chi connectivity index (χ1) is 34.1. The second-order valence-electron chi connectivity index (χ2n) is 19.3. The van der Waals surface area contributed by atoms with Gasteiger partial charge in [-0.25, -0.2) is 36.8 Å². The molecule has 0 aromatic carbocycles. The van der Waals surface area contributed by atoms with Gasteiger partial charge in [-0.15, -0.1) is 20.4 Å². The number of aromatic nitrogens is 10. The molecule has 2 aliphatic rings. The number of hydrogen-bond acceptors (Lipinski definition) is 20. The first kappa shape index (κ1) is 58.9. The Morgan fingerprint density at radius 3 is 1.12 bits per heavy atom. The Balaban J connectivity index is 0.000000267. The number of methoxy groups -OCH3 is 4. The van der Waals surface area contributed by atoms with E-state index >= 15 is 0 Å². The van der Waals surface area contributed by atoms with Crippen molar-refractivity contribution in [3.05, 3.63) is 70.9 Å². The Morgan fingerprint density at radius 2 is 0.861 bits per heavy atom. The van der Waals surface area contributed by atoms with Crippen molar-refractivity contribution in [1.29, 1.82) is 0 Å². The molecule has 2 aliphatic heterocycles. The van der Waals surface area contributed by atoms with E-state index in [1.54, 1.807) is 67.1 Å². The van der Waals surface area contributed by atoms with E-state index in [2.05, 4.69) is 40.3 Å². The Bertz CT molecular complexity index is 2310. The fourth-order valence-corrected chi connectivity index (χ4v) is 11.5. The Morgan fingerprint density at radius 1 is 0.542 bits per heavy atom. The van der Waals surface area contributed by atoms with Crippen molar-refractivity contribution in [2.75, 3.05) is 54.9 Å². The molecule has 0 N–H and O–H groups in total. The van der Waals surface area contributed by atoms with Crippen LogP contribution in [0, 0.1) is 13.8 Å². The molecule has 0 aliphatic carbocycles. The van der Waals surface area contributed by atoms with Crippen LogP contribution in [-0.4, -0.2) is 156 Å². The summed E-state index contributed by atoms with van der Waals surface area (Å²) in [6.07, 6.45) is 7.53. The molecule has 6 heterocycles. The number of hydrogen-bond donors (Lipinski definition) is 0. The van der Waals surface area contributed by atoms with Crippen LogP contribution < -0.4 is 0 Å². The monoisotopic (exact) mass is 1050 g/mol. The second-order valence-corrected chi connectivity index (χ2v) is 24.0. The van der Waals surface area contributed by atoms with Gasteiger partial charge in [0.05, 0.1) is 73.4 Å². The summed E-state index contributed by atoms with van der Waals surface area (Å²) >= 11 is 0. The van der Waals surface area contributed by atoms with Crippen molar-refractivity contribution in [3.63, 3.8) is 0 Å². The van der Waals surface area contributed by atoms with Gasteiger partial charge in [-0.1, -0.05) is 0 Å². The summed E-state index contributed by atoms with van der Waals surface area (Å²) < 4.78 is 104. The Hall–Kier alpha value is -3.98. The molecule has 4 aromatic rings. The van der Waals surface area contributed by atoms with Gasteiger partial charge in [0.1, 0.15) is 47.6 Å². The van der Waals surface area contributed by atoms with Gasteiger partial charge in [-0.3, -0.25) is 0 Å². The Labute approximate surface area is 425 Å². The summed E-state index contributed by atoms with van der Waals surface area (Å²) in [5, 5.41) is 15.5. The predicted molar refractivity (Wildman–Crippen MR) is 266 cm³/mol. The summed E-state index contributed by atoms with van der Waals surface area (Å²) in [7, 11) is -1.18. The Kier molecular flexibility index (Phi) is 22.1. The van der Waals surface area contributed by atoms with Crippen LogP contribution in [0.15, 0.2) is 24.8 Å². The van der Waals surface area contributed by atoms with Crippen molar-refractivity contribution in [2.24, 2.45) is 0 Å². The third-order valence-electron chi connectivity index (χ3n) is 12.4. The summed E-state index contributed by atoms with van der Waals surface area (Å²) in [6.45, 7) is 19.6. The molecule has 0 saturated carbocycles. The molecule has 0 amide bonds. The topological polar surface area (TPSA) is 255 Å². The van der Waals surface area contributed by atoms with Gasteiger partial charge in [0.25, 0.3) is 0 Å². The highest BCUT2D eigenvalue weighted by molar-refractivity contribution is 7.91. The predicted octanol–water partition coefficient (Wildman–Crippen LogP) is 5.84. The van der Waals surface area contributed by atoms with Crippen LogP contribution in [-0.2, 0) is 69.1 Å². The van der Waals surface area contributed by atoms with Crippen LogP contribution in [0.1, 0.15) is 164 Å². The number of aryl methyl sites for hydroxylation is 2. The van der Waals surface area contributed by atoms with Gasteiger partial charge in [0.15, 0.2) is 43.0 Å². The molecule has 0 radical (unpaired) electrons. The SMILES string of the molecule is COCC(COC)n1c(CS(=O)(=O)[C@@H](C)[C@@H](OC(C)C)c2ncc(C)cn2)nnc1[C@@H]1CC[C@H](C)O1.COCC(COC)n1c(CS(=O)(=O)[C@@H](C)[C@@H](OC(C)C)c2ncc(C)cn2)nnc1[C@H]1CC[C@@H](C)O1. The van der Waals surface area contributed by atoms with E-state index in [0.29, 0.717) is 61.4 Å². The fourth-order valence-electron chi connectivity index (χ4n) is 8.70. The van der Waals surface area contributed by atoms with Crippen LogP contribution in [0.2, 0.25) is 0 Å². The second kappa shape index (κ2) is 27.0. The van der Waals surface area contributed by atoms with Crippen LogP contribution in [0.25, 0.3) is 0 Å². The molecule has 0 bridgehead atoms. The van der Waals surface area contributed by atoms with Gasteiger partial charge >= 0.3 is 0 Å². The number of sulfone groups is 2. The van der Waals surface area contributed by atoms with Gasteiger partial charge in [-0.05, 0) is 106 Å². The average molecular weight is 1050 g/mol. The first-order valence-corrected chi connectivity index (χ1v) is 28.0. The third-order valence-corrected chi connectivity index (χ3v) is 16.5. The minimum Gasteiger partial charge on any atom is -0.382 e. The number of ether oxygens (including phenoxy) is 8. The van der Waals surface area contributed by atoms with E-state index in [1.807, 2.05) is 64.5 Å². The summed E-state index contributed by atoms with van der Waals surface area (Å²) in [6, 6.07) is -0.624. The maximum absolute atomic E-state index is 13.7. The minimum atomic E-state index is -3.77. The molecule has 0 unspecified atom stereocenters. The lowest BCUT2D eigenvalue weighted by atomic mass is 10.2. The number of nitrogens with zero attached hydrogens (tertiary/aromatic N) is 10. The van der Waals surface area contributed by atoms with E-state index in [1.165, 1.54) is 0 Å². The molecule has 22 nitrogen and oxygen atoms in total. The van der Waals surface area contributed by atoms with Crippen molar-refractivity contribution in [2.45, 2.75) is 178 Å². The molecule has 2 saturated heterocycles. The standard InChI is InChI=1S/2C24H39N5O6S/c2*1-15(2)34-22(23-25-10-16(3)11-26-23)18(5)36(30,31)14-21-27-28-24(20-9-8-17(4)35-20)29(21)19(12-32-6)13-33-7/h2*10-11,15,17-20,22H,8-9,12-14H2,1-7H3/t17-,18+,20-,22-;17-,18-,20-,22+/m10/s1.